The SMILES string of the molecule is CC(C)(c1ccc(OP(=O)(OC2=CC=CCC2)C(C)(C)c2ccccc2)cc1)c1ccc(O[P+](O)(Oc2ccccc2)Oc2ccccc2)cc1. The molecule has 1 N–H and O–H groups in total. The van der Waals surface area contributed by atoms with Crippen LogP contribution >= 0.6 is 15.8 Å². The Morgan fingerprint density at radius 3 is 1.49 bits per heavy atom. The maximum absolute atomic E-state index is 14.8. The third kappa shape index (κ3) is 8.57. The lowest BCUT2D eigenvalue weighted by atomic mass is 9.78. The fourth-order valence-corrected chi connectivity index (χ4v) is 8.75. The summed E-state index contributed by atoms with van der Waals surface area (Å²) in [5.74, 6) is 2.33. The van der Waals surface area contributed by atoms with Gasteiger partial charge < -0.3 is 9.05 Å². The van der Waals surface area contributed by atoms with Gasteiger partial charge in [0.25, 0.3) is 0 Å². The lowest BCUT2D eigenvalue weighted by Crippen LogP contribution is -2.23. The van der Waals surface area contributed by atoms with Crippen molar-refractivity contribution in [2.75, 3.05) is 0 Å². The van der Waals surface area contributed by atoms with Gasteiger partial charge >= 0.3 is 15.8 Å². The summed E-state index contributed by atoms with van der Waals surface area (Å²) in [5.41, 5.74) is 2.47. The van der Waals surface area contributed by atoms with Crippen LogP contribution < -0.4 is 18.1 Å². The normalized spacial score (nSPS) is 14.5. The minimum atomic E-state index is -3.87. The van der Waals surface area contributed by atoms with Crippen LogP contribution in [0.2, 0.25) is 0 Å². The van der Waals surface area contributed by atoms with Crippen LogP contribution in [0.4, 0.5) is 0 Å². The fraction of sp³-hybridized carbons (Fsp3) is 0.190. The molecule has 0 aromatic heterocycles. The second-order valence-electron chi connectivity index (χ2n) is 13.2. The van der Waals surface area contributed by atoms with E-state index in [2.05, 4.69) is 19.9 Å². The average Bonchev–Trinajstić information content (AvgIpc) is 3.13. The molecule has 1 aliphatic carbocycles. The molecule has 0 heterocycles. The van der Waals surface area contributed by atoms with Crippen molar-refractivity contribution in [2.45, 2.75) is 51.1 Å². The standard InChI is InChI=1S/C42H43O7P2/c1-41(2,34-27-31-40(32-28-34)49-51(44,47-37-21-13-7-14-22-37)48-38-23-15-8-16-24-38)33-25-29-39(30-26-33)46-50(43,45-36-19-11-6-12-20-36)42(3,4)35-17-9-5-10-18-35/h5-11,13-19,21-32,44H,12,20H2,1-4H3/q+1. The quantitative estimate of drug-likeness (QED) is 0.114. The molecule has 0 bridgehead atoms. The van der Waals surface area contributed by atoms with E-state index in [0.717, 1.165) is 23.1 Å². The Balaban J connectivity index is 1.20. The third-order valence-corrected chi connectivity index (χ3v) is 12.8. The lowest BCUT2D eigenvalue weighted by Gasteiger charge is -2.34. The van der Waals surface area contributed by atoms with E-state index < -0.39 is 26.3 Å². The van der Waals surface area contributed by atoms with Gasteiger partial charge in [0, 0.05) is 11.8 Å². The first-order valence-corrected chi connectivity index (χ1v) is 19.9. The number of para-hydroxylation sites is 2. The Morgan fingerprint density at radius 2 is 1.02 bits per heavy atom. The van der Waals surface area contributed by atoms with Crippen molar-refractivity contribution < 1.29 is 32.1 Å². The number of hydrogen-bond donors (Lipinski definition) is 1. The van der Waals surface area contributed by atoms with Gasteiger partial charge in [-0.05, 0) is 91.6 Å². The van der Waals surface area contributed by atoms with Gasteiger partial charge in [-0.25, -0.2) is 18.1 Å². The molecule has 0 saturated heterocycles. The van der Waals surface area contributed by atoms with Crippen molar-refractivity contribution in [1.29, 1.82) is 0 Å². The molecule has 5 aromatic rings. The Hall–Kier alpha value is -4.80. The van der Waals surface area contributed by atoms with Crippen molar-refractivity contribution in [3.63, 3.8) is 0 Å². The van der Waals surface area contributed by atoms with E-state index in [1.807, 2.05) is 129 Å². The predicted molar refractivity (Wildman–Crippen MR) is 204 cm³/mol. The van der Waals surface area contributed by atoms with Crippen molar-refractivity contribution in [3.05, 3.63) is 180 Å². The number of hydrogen-bond acceptors (Lipinski definition) is 7. The third-order valence-electron chi connectivity index (χ3n) is 8.90. The summed E-state index contributed by atoms with van der Waals surface area (Å²) in [4.78, 5) is 11.5. The molecule has 0 saturated carbocycles. The molecule has 7 nitrogen and oxygen atoms in total. The van der Waals surface area contributed by atoms with Gasteiger partial charge in [-0.2, -0.15) is 0 Å². The number of allylic oxidation sites excluding steroid dienone is 4. The predicted octanol–water partition coefficient (Wildman–Crippen LogP) is 12.0. The van der Waals surface area contributed by atoms with Crippen molar-refractivity contribution in [3.8, 4) is 23.0 Å². The topological polar surface area (TPSA) is 83.5 Å². The highest BCUT2D eigenvalue weighted by molar-refractivity contribution is 7.56. The van der Waals surface area contributed by atoms with Gasteiger partial charge in [0.05, 0.1) is 0 Å². The zero-order chi connectivity index (χ0) is 36.0. The zero-order valence-electron chi connectivity index (χ0n) is 29.2. The van der Waals surface area contributed by atoms with E-state index in [9.17, 15) is 9.46 Å². The molecule has 1 atom stereocenters. The summed E-state index contributed by atoms with van der Waals surface area (Å²) in [6.45, 7) is 8.04. The van der Waals surface area contributed by atoms with Gasteiger partial charge in [-0.3, -0.25) is 0 Å². The summed E-state index contributed by atoms with van der Waals surface area (Å²) in [5, 5.41) is -0.926. The summed E-state index contributed by atoms with van der Waals surface area (Å²) in [6.07, 6.45) is 7.32. The highest BCUT2D eigenvalue weighted by Crippen LogP contribution is 2.65. The van der Waals surface area contributed by atoms with Crippen LogP contribution in [-0.2, 0) is 19.7 Å². The van der Waals surface area contributed by atoms with E-state index in [-0.39, 0.29) is 0 Å². The van der Waals surface area contributed by atoms with Crippen LogP contribution in [0.15, 0.2) is 164 Å². The van der Waals surface area contributed by atoms with Crippen LogP contribution in [-0.4, -0.2) is 4.89 Å². The molecule has 0 radical (unpaired) electrons. The van der Waals surface area contributed by atoms with Gasteiger partial charge in [0.15, 0.2) is 17.2 Å². The molecule has 262 valence electrons. The number of rotatable bonds is 14. The minimum Gasteiger partial charge on any atom is -0.420 e. The monoisotopic (exact) mass is 721 g/mol. The molecule has 6 rings (SSSR count). The smallest absolute Gasteiger partial charge is 0.420 e. The van der Waals surface area contributed by atoms with Gasteiger partial charge in [-0.15, -0.1) is 4.89 Å². The van der Waals surface area contributed by atoms with Crippen molar-refractivity contribution >= 4 is 15.8 Å². The van der Waals surface area contributed by atoms with E-state index >= 15 is 0 Å². The lowest BCUT2D eigenvalue weighted by molar-refractivity contribution is 0.255. The first-order chi connectivity index (χ1) is 24.5. The van der Waals surface area contributed by atoms with Gasteiger partial charge in [0.1, 0.15) is 16.7 Å². The Kier molecular flexibility index (Phi) is 10.7. The average molecular weight is 722 g/mol. The van der Waals surface area contributed by atoms with Crippen LogP contribution in [0.25, 0.3) is 0 Å². The molecular weight excluding hydrogens is 678 g/mol. The molecule has 1 aliphatic rings. The van der Waals surface area contributed by atoms with Crippen molar-refractivity contribution in [1.82, 2.24) is 0 Å². The van der Waals surface area contributed by atoms with Crippen LogP contribution in [0.3, 0.4) is 0 Å². The van der Waals surface area contributed by atoms with Crippen molar-refractivity contribution in [2.24, 2.45) is 0 Å². The highest BCUT2D eigenvalue weighted by atomic mass is 31.2. The largest absolute Gasteiger partial charge is 0.714 e. The minimum absolute atomic E-state index is 0.390. The van der Waals surface area contributed by atoms with Gasteiger partial charge in [0.2, 0.25) is 0 Å². The van der Waals surface area contributed by atoms with E-state index in [4.69, 9.17) is 22.6 Å². The first kappa shape index (κ1) is 36.0. The molecule has 0 aliphatic heterocycles. The highest BCUT2D eigenvalue weighted by Gasteiger charge is 2.51. The van der Waals surface area contributed by atoms with E-state index in [0.29, 0.717) is 35.2 Å². The Bertz CT molecular complexity index is 1950. The van der Waals surface area contributed by atoms with Crippen LogP contribution in [0.5, 0.6) is 23.0 Å². The van der Waals surface area contributed by atoms with Gasteiger partial charge in [-0.1, -0.05) is 117 Å². The zero-order valence-corrected chi connectivity index (χ0v) is 31.0. The van der Waals surface area contributed by atoms with E-state index in [1.165, 1.54) is 0 Å². The molecule has 5 aromatic carbocycles. The summed E-state index contributed by atoms with van der Waals surface area (Å²) < 4.78 is 45.2. The molecule has 9 heteroatoms. The molecule has 1 unspecified atom stereocenters. The second-order valence-corrected chi connectivity index (χ2v) is 17.2. The van der Waals surface area contributed by atoms with Crippen LogP contribution in [0, 0.1) is 0 Å². The molecule has 51 heavy (non-hydrogen) atoms. The maximum Gasteiger partial charge on any atom is 0.714 e. The Morgan fingerprint density at radius 1 is 0.569 bits per heavy atom. The molecule has 0 spiro atoms. The summed E-state index contributed by atoms with van der Waals surface area (Å²) >= 11 is 0. The maximum atomic E-state index is 14.8. The van der Waals surface area contributed by atoms with E-state index in [1.54, 1.807) is 36.4 Å². The summed E-state index contributed by atoms with van der Waals surface area (Å²) in [7, 11) is -7.64. The Labute approximate surface area is 301 Å². The fourth-order valence-electron chi connectivity index (χ4n) is 5.65. The summed E-state index contributed by atoms with van der Waals surface area (Å²) in [6, 6.07) is 42.7. The van der Waals surface area contributed by atoms with Crippen LogP contribution in [0.1, 0.15) is 57.2 Å². The first-order valence-electron chi connectivity index (χ1n) is 16.9. The molecule has 0 fully saturated rings. The molecular formula is C42H43O7P2+. The molecule has 0 amide bonds. The number of benzene rings is 5. The second kappa shape index (κ2) is 15.2.